The molecule has 1 unspecified atom stereocenters. The monoisotopic (exact) mass is 326 g/mol. The first-order chi connectivity index (χ1) is 11.1. The fourth-order valence-corrected chi connectivity index (χ4v) is 4.03. The van der Waals surface area contributed by atoms with Gasteiger partial charge in [-0.3, -0.25) is 9.88 Å². The van der Waals surface area contributed by atoms with Crippen LogP contribution in [0.5, 0.6) is 0 Å². The summed E-state index contributed by atoms with van der Waals surface area (Å²) in [6.45, 7) is 9.07. The first kappa shape index (κ1) is 16.0. The van der Waals surface area contributed by atoms with Crippen LogP contribution < -0.4 is 5.32 Å². The Morgan fingerprint density at radius 1 is 1.48 bits per heavy atom. The Balaban J connectivity index is 1.66. The predicted octanol–water partition coefficient (Wildman–Crippen LogP) is 3.49. The smallest absolute Gasteiger partial charge is 0.103 e. The van der Waals surface area contributed by atoms with E-state index < -0.39 is 0 Å². The molecule has 1 aliphatic rings. The van der Waals surface area contributed by atoms with Crippen molar-refractivity contribution in [3.05, 3.63) is 44.9 Å². The lowest BCUT2D eigenvalue weighted by Crippen LogP contribution is -2.40. The Kier molecular flexibility index (Phi) is 4.65. The highest BCUT2D eigenvalue weighted by atomic mass is 32.1. The zero-order valence-corrected chi connectivity index (χ0v) is 14.7. The molecule has 0 spiro atoms. The highest BCUT2D eigenvalue weighted by Gasteiger charge is 2.21. The second-order valence-electron chi connectivity index (χ2n) is 6.20. The van der Waals surface area contributed by atoms with Crippen molar-refractivity contribution >= 4 is 17.0 Å². The highest BCUT2D eigenvalue weighted by molar-refractivity contribution is 7.10. The fraction of sp³-hybridized carbons (Fsp3) is 0.444. The van der Waals surface area contributed by atoms with Crippen molar-refractivity contribution in [2.45, 2.75) is 39.8 Å². The Bertz CT molecular complexity index is 744. The average Bonchev–Trinajstić information content (AvgIpc) is 2.99. The summed E-state index contributed by atoms with van der Waals surface area (Å²) >= 11 is 1.87. The summed E-state index contributed by atoms with van der Waals surface area (Å²) in [5.41, 5.74) is 4.77. The average molecular weight is 326 g/mol. The highest BCUT2D eigenvalue weighted by Crippen LogP contribution is 2.25. The molecule has 1 N–H and O–H groups in total. The van der Waals surface area contributed by atoms with Crippen LogP contribution in [0.15, 0.2) is 17.5 Å². The number of rotatable bonds is 4. The number of nitrogens with zero attached hydrogens (tertiary/aromatic N) is 3. The maximum atomic E-state index is 9.35. The van der Waals surface area contributed by atoms with Crippen LogP contribution in [0.1, 0.15) is 34.3 Å². The number of hydrogen-bond acceptors (Lipinski definition) is 5. The number of anilines is 1. The number of aryl methyl sites for hydroxylation is 2. The molecule has 3 rings (SSSR count). The third-order valence-corrected chi connectivity index (χ3v) is 5.51. The van der Waals surface area contributed by atoms with Gasteiger partial charge in [0.05, 0.1) is 16.9 Å². The minimum absolute atomic E-state index is 0.420. The van der Waals surface area contributed by atoms with E-state index in [1.807, 2.05) is 31.3 Å². The molecule has 2 aromatic heterocycles. The SMILES string of the molecule is Cc1cc(NCC(C)N2CCc3sccc3C2)c(C#N)c(C)n1. The molecule has 0 aliphatic carbocycles. The molecule has 0 amide bonds. The van der Waals surface area contributed by atoms with Crippen molar-refractivity contribution in [2.75, 3.05) is 18.4 Å². The van der Waals surface area contributed by atoms with Gasteiger partial charge in [-0.05, 0) is 50.3 Å². The van der Waals surface area contributed by atoms with Crippen LogP contribution in [-0.4, -0.2) is 29.0 Å². The maximum Gasteiger partial charge on any atom is 0.103 e. The van der Waals surface area contributed by atoms with Crippen LogP contribution in [0, 0.1) is 25.2 Å². The van der Waals surface area contributed by atoms with E-state index in [9.17, 15) is 5.26 Å². The second-order valence-corrected chi connectivity index (χ2v) is 7.20. The summed E-state index contributed by atoms with van der Waals surface area (Å²) < 4.78 is 0. The lowest BCUT2D eigenvalue weighted by molar-refractivity contribution is 0.200. The summed E-state index contributed by atoms with van der Waals surface area (Å²) in [6, 6.07) is 6.90. The van der Waals surface area contributed by atoms with Crippen molar-refractivity contribution in [3.8, 4) is 6.07 Å². The molecule has 1 atom stereocenters. The Labute approximate surface area is 141 Å². The second kappa shape index (κ2) is 6.69. The molecule has 1 aliphatic heterocycles. The van der Waals surface area contributed by atoms with Gasteiger partial charge in [0, 0.05) is 36.2 Å². The van der Waals surface area contributed by atoms with E-state index in [0.29, 0.717) is 11.6 Å². The van der Waals surface area contributed by atoms with Crippen LogP contribution in [0.25, 0.3) is 0 Å². The van der Waals surface area contributed by atoms with Gasteiger partial charge in [0.2, 0.25) is 0 Å². The molecular weight excluding hydrogens is 304 g/mol. The van der Waals surface area contributed by atoms with Crippen LogP contribution in [0.2, 0.25) is 0 Å². The minimum atomic E-state index is 0.420. The van der Waals surface area contributed by atoms with Crippen LogP contribution >= 0.6 is 11.3 Å². The number of aromatic nitrogens is 1. The maximum absolute atomic E-state index is 9.35. The van der Waals surface area contributed by atoms with Crippen molar-refractivity contribution < 1.29 is 0 Å². The van der Waals surface area contributed by atoms with Gasteiger partial charge in [-0.2, -0.15) is 5.26 Å². The van der Waals surface area contributed by atoms with Crippen molar-refractivity contribution in [2.24, 2.45) is 0 Å². The molecule has 120 valence electrons. The van der Waals surface area contributed by atoms with Gasteiger partial charge in [0.1, 0.15) is 6.07 Å². The Hall–Kier alpha value is -1.90. The molecular formula is C18H22N4S. The van der Waals surface area contributed by atoms with Crippen molar-refractivity contribution in [1.29, 1.82) is 5.26 Å². The molecule has 0 radical (unpaired) electrons. The zero-order valence-electron chi connectivity index (χ0n) is 13.9. The van der Waals surface area contributed by atoms with Crippen LogP contribution in [0.3, 0.4) is 0 Å². The summed E-state index contributed by atoms with van der Waals surface area (Å²) in [6.07, 6.45) is 1.15. The molecule has 2 aromatic rings. The topological polar surface area (TPSA) is 52.0 Å². The van der Waals surface area contributed by atoms with E-state index in [1.165, 1.54) is 10.4 Å². The summed E-state index contributed by atoms with van der Waals surface area (Å²) in [5.74, 6) is 0. The molecule has 0 bridgehead atoms. The van der Waals surface area contributed by atoms with Crippen LogP contribution in [-0.2, 0) is 13.0 Å². The molecule has 4 nitrogen and oxygen atoms in total. The molecule has 5 heteroatoms. The fourth-order valence-electron chi connectivity index (χ4n) is 3.14. The first-order valence-corrected chi connectivity index (χ1v) is 8.88. The summed E-state index contributed by atoms with van der Waals surface area (Å²) in [4.78, 5) is 8.41. The molecule has 0 fully saturated rings. The number of hydrogen-bond donors (Lipinski definition) is 1. The largest absolute Gasteiger partial charge is 0.382 e. The molecule has 3 heterocycles. The Morgan fingerprint density at radius 3 is 3.09 bits per heavy atom. The third-order valence-electron chi connectivity index (χ3n) is 4.49. The van der Waals surface area contributed by atoms with E-state index in [0.717, 1.165) is 43.1 Å². The van der Waals surface area contributed by atoms with Crippen molar-refractivity contribution in [1.82, 2.24) is 9.88 Å². The zero-order chi connectivity index (χ0) is 16.4. The third kappa shape index (κ3) is 3.39. The molecule has 23 heavy (non-hydrogen) atoms. The number of fused-ring (bicyclic) bond motifs is 1. The first-order valence-electron chi connectivity index (χ1n) is 8.00. The number of nitrogens with one attached hydrogen (secondary N) is 1. The van der Waals surface area contributed by atoms with Gasteiger partial charge in [-0.15, -0.1) is 11.3 Å². The lowest BCUT2D eigenvalue weighted by atomic mass is 10.1. The number of thiophene rings is 1. The molecule has 0 aromatic carbocycles. The summed E-state index contributed by atoms with van der Waals surface area (Å²) in [7, 11) is 0. The van der Waals surface area contributed by atoms with Crippen molar-refractivity contribution in [3.63, 3.8) is 0 Å². The van der Waals surface area contributed by atoms with Gasteiger partial charge in [0.25, 0.3) is 0 Å². The lowest BCUT2D eigenvalue weighted by Gasteiger charge is -2.32. The molecule has 0 saturated carbocycles. The van der Waals surface area contributed by atoms with E-state index in [1.54, 1.807) is 0 Å². The Morgan fingerprint density at radius 2 is 2.30 bits per heavy atom. The van der Waals surface area contributed by atoms with E-state index >= 15 is 0 Å². The normalized spacial score (nSPS) is 15.7. The van der Waals surface area contributed by atoms with Gasteiger partial charge in [-0.1, -0.05) is 0 Å². The molecule has 0 saturated heterocycles. The summed E-state index contributed by atoms with van der Waals surface area (Å²) in [5, 5.41) is 15.0. The van der Waals surface area contributed by atoms with Gasteiger partial charge < -0.3 is 5.32 Å². The minimum Gasteiger partial charge on any atom is -0.382 e. The van der Waals surface area contributed by atoms with Gasteiger partial charge in [-0.25, -0.2) is 0 Å². The predicted molar refractivity (Wildman–Crippen MR) is 94.8 cm³/mol. The van der Waals surface area contributed by atoms with E-state index in [-0.39, 0.29) is 0 Å². The van der Waals surface area contributed by atoms with Crippen LogP contribution in [0.4, 0.5) is 5.69 Å². The van der Waals surface area contributed by atoms with Gasteiger partial charge >= 0.3 is 0 Å². The van der Waals surface area contributed by atoms with E-state index in [2.05, 4.69) is 39.6 Å². The number of pyridine rings is 1. The van der Waals surface area contributed by atoms with E-state index in [4.69, 9.17) is 0 Å². The van der Waals surface area contributed by atoms with Gasteiger partial charge in [0.15, 0.2) is 0 Å². The quantitative estimate of drug-likeness (QED) is 0.934. The number of nitriles is 1. The standard InChI is InChI=1S/C18H22N4S/c1-12-8-17(16(9-19)14(3)21-12)20-10-13(2)22-6-4-18-15(11-22)5-7-23-18/h5,7-8,13H,4,6,10-11H2,1-3H3,(H,20,21).